The van der Waals surface area contributed by atoms with Crippen molar-refractivity contribution in [1.82, 2.24) is 5.32 Å². The number of ether oxygens (including phenoxy) is 1. The molecule has 0 saturated carbocycles. The Kier molecular flexibility index (Phi) is 5.41. The fourth-order valence-corrected chi connectivity index (χ4v) is 2.50. The Morgan fingerprint density at radius 2 is 2.30 bits per heavy atom. The van der Waals surface area contributed by atoms with Gasteiger partial charge in [-0.25, -0.2) is 0 Å². The molecular formula is C16H24N2O2. The Bertz CT molecular complexity index is 454. The maximum atomic E-state index is 12.1. The second-order valence-corrected chi connectivity index (χ2v) is 5.33. The maximum Gasteiger partial charge on any atom is 0.251 e. The molecule has 2 N–H and O–H groups in total. The smallest absolute Gasteiger partial charge is 0.251 e. The van der Waals surface area contributed by atoms with Crippen LogP contribution in [0.4, 0.5) is 5.69 Å². The minimum absolute atomic E-state index is 0.00932. The second-order valence-electron chi connectivity index (χ2n) is 5.33. The summed E-state index contributed by atoms with van der Waals surface area (Å²) in [6, 6.07) is 5.78. The SMILES string of the molecule is CCNc1ccc(C(=O)NCCC2CCOC2)cc1C. The van der Waals surface area contributed by atoms with Crippen molar-refractivity contribution in [1.29, 1.82) is 0 Å². The van der Waals surface area contributed by atoms with Crippen molar-refractivity contribution >= 4 is 11.6 Å². The Balaban J connectivity index is 1.83. The van der Waals surface area contributed by atoms with Gasteiger partial charge in [0.15, 0.2) is 0 Å². The number of aryl methyl sites for hydroxylation is 1. The van der Waals surface area contributed by atoms with Gasteiger partial charge in [-0.2, -0.15) is 0 Å². The first kappa shape index (κ1) is 14.9. The number of hydrogen-bond acceptors (Lipinski definition) is 3. The first-order valence-electron chi connectivity index (χ1n) is 7.41. The average molecular weight is 276 g/mol. The Labute approximate surface area is 120 Å². The van der Waals surface area contributed by atoms with Gasteiger partial charge in [-0.15, -0.1) is 0 Å². The zero-order chi connectivity index (χ0) is 14.4. The molecule has 1 amide bonds. The van der Waals surface area contributed by atoms with Crippen LogP contribution < -0.4 is 10.6 Å². The van der Waals surface area contributed by atoms with Crippen LogP contribution in [0.1, 0.15) is 35.7 Å². The summed E-state index contributed by atoms with van der Waals surface area (Å²) in [5.74, 6) is 0.614. The third-order valence-corrected chi connectivity index (χ3v) is 3.72. The molecule has 1 aromatic rings. The van der Waals surface area contributed by atoms with Gasteiger partial charge < -0.3 is 15.4 Å². The van der Waals surface area contributed by atoms with Gasteiger partial charge in [0, 0.05) is 37.6 Å². The van der Waals surface area contributed by atoms with Gasteiger partial charge in [-0.1, -0.05) is 0 Å². The molecule has 20 heavy (non-hydrogen) atoms. The van der Waals surface area contributed by atoms with Gasteiger partial charge in [0.05, 0.1) is 0 Å². The molecule has 0 aliphatic carbocycles. The Hall–Kier alpha value is -1.55. The zero-order valence-electron chi connectivity index (χ0n) is 12.4. The van der Waals surface area contributed by atoms with Crippen LogP contribution in [-0.4, -0.2) is 32.2 Å². The number of anilines is 1. The van der Waals surface area contributed by atoms with Crippen LogP contribution in [0.25, 0.3) is 0 Å². The van der Waals surface area contributed by atoms with Crippen LogP contribution >= 0.6 is 0 Å². The number of benzene rings is 1. The van der Waals surface area contributed by atoms with Crippen LogP contribution in [0.2, 0.25) is 0 Å². The van der Waals surface area contributed by atoms with Gasteiger partial charge in [0.25, 0.3) is 5.91 Å². The molecule has 1 aliphatic heterocycles. The van der Waals surface area contributed by atoms with E-state index in [-0.39, 0.29) is 5.91 Å². The third kappa shape index (κ3) is 3.97. The standard InChI is InChI=1S/C16H24N2O2/c1-3-17-15-5-4-14(10-12(15)2)16(19)18-8-6-13-7-9-20-11-13/h4-5,10,13,17H,3,6-9,11H2,1-2H3,(H,18,19). The van der Waals surface area contributed by atoms with E-state index in [2.05, 4.69) is 17.6 Å². The van der Waals surface area contributed by atoms with Crippen molar-refractivity contribution < 1.29 is 9.53 Å². The molecule has 110 valence electrons. The molecule has 1 unspecified atom stereocenters. The van der Waals surface area contributed by atoms with Crippen LogP contribution in [0.15, 0.2) is 18.2 Å². The van der Waals surface area contributed by atoms with Crippen LogP contribution in [0.3, 0.4) is 0 Å². The number of carbonyl (C=O) groups is 1. The lowest BCUT2D eigenvalue weighted by atomic mass is 10.1. The van der Waals surface area contributed by atoms with Crippen molar-refractivity contribution in [3.05, 3.63) is 29.3 Å². The van der Waals surface area contributed by atoms with Crippen molar-refractivity contribution in [2.45, 2.75) is 26.7 Å². The predicted octanol–water partition coefficient (Wildman–Crippen LogP) is 2.58. The topological polar surface area (TPSA) is 50.4 Å². The fraction of sp³-hybridized carbons (Fsp3) is 0.562. The van der Waals surface area contributed by atoms with Crippen LogP contribution in [0, 0.1) is 12.8 Å². The highest BCUT2D eigenvalue weighted by Gasteiger charge is 2.15. The molecule has 1 fully saturated rings. The van der Waals surface area contributed by atoms with E-state index >= 15 is 0 Å². The Morgan fingerprint density at radius 1 is 1.45 bits per heavy atom. The van der Waals surface area contributed by atoms with Gasteiger partial charge >= 0.3 is 0 Å². The van der Waals surface area contributed by atoms with Gasteiger partial charge in [0.1, 0.15) is 0 Å². The summed E-state index contributed by atoms with van der Waals surface area (Å²) in [7, 11) is 0. The molecule has 1 atom stereocenters. The second kappa shape index (κ2) is 7.29. The molecule has 1 aliphatic rings. The Morgan fingerprint density at radius 3 is 2.95 bits per heavy atom. The van der Waals surface area contributed by atoms with Gasteiger partial charge in [-0.05, 0) is 56.4 Å². The highest BCUT2D eigenvalue weighted by Crippen LogP contribution is 2.17. The molecule has 4 heteroatoms. The number of amides is 1. The van der Waals surface area contributed by atoms with Crippen molar-refractivity contribution in [3.8, 4) is 0 Å². The molecule has 0 aromatic heterocycles. The summed E-state index contributed by atoms with van der Waals surface area (Å²) in [5, 5.41) is 6.27. The van der Waals surface area contributed by atoms with E-state index in [4.69, 9.17) is 4.74 Å². The fourth-order valence-electron chi connectivity index (χ4n) is 2.50. The normalized spacial score (nSPS) is 18.0. The quantitative estimate of drug-likeness (QED) is 0.839. The summed E-state index contributed by atoms with van der Waals surface area (Å²) in [6.07, 6.45) is 2.12. The third-order valence-electron chi connectivity index (χ3n) is 3.72. The van der Waals surface area contributed by atoms with E-state index in [9.17, 15) is 4.79 Å². The molecule has 1 saturated heterocycles. The van der Waals surface area contributed by atoms with E-state index in [1.165, 1.54) is 0 Å². The largest absolute Gasteiger partial charge is 0.385 e. The molecule has 0 spiro atoms. The van der Waals surface area contributed by atoms with Crippen molar-refractivity contribution in [2.24, 2.45) is 5.92 Å². The summed E-state index contributed by atoms with van der Waals surface area (Å²) < 4.78 is 5.33. The monoisotopic (exact) mass is 276 g/mol. The number of carbonyl (C=O) groups excluding carboxylic acids is 1. The zero-order valence-corrected chi connectivity index (χ0v) is 12.4. The van der Waals surface area contributed by atoms with Crippen molar-refractivity contribution in [2.75, 3.05) is 31.6 Å². The lowest BCUT2D eigenvalue weighted by Crippen LogP contribution is -2.26. The van der Waals surface area contributed by atoms with Crippen molar-refractivity contribution in [3.63, 3.8) is 0 Å². The van der Waals surface area contributed by atoms with Crippen LogP contribution in [-0.2, 0) is 4.74 Å². The first-order valence-corrected chi connectivity index (χ1v) is 7.41. The predicted molar refractivity (Wildman–Crippen MR) is 81.2 cm³/mol. The molecule has 0 bridgehead atoms. The summed E-state index contributed by atoms with van der Waals surface area (Å²) >= 11 is 0. The van der Waals surface area contributed by atoms with Gasteiger partial charge in [-0.3, -0.25) is 4.79 Å². The van der Waals surface area contributed by atoms with Crippen LogP contribution in [0.5, 0.6) is 0 Å². The highest BCUT2D eigenvalue weighted by atomic mass is 16.5. The molecule has 0 radical (unpaired) electrons. The molecule has 2 rings (SSSR count). The number of hydrogen-bond donors (Lipinski definition) is 2. The molecule has 1 heterocycles. The lowest BCUT2D eigenvalue weighted by Gasteiger charge is -2.11. The highest BCUT2D eigenvalue weighted by molar-refractivity contribution is 5.94. The van der Waals surface area contributed by atoms with E-state index in [1.54, 1.807) is 0 Å². The number of rotatable bonds is 6. The molecule has 1 aromatic carbocycles. The minimum Gasteiger partial charge on any atom is -0.385 e. The van der Waals surface area contributed by atoms with E-state index in [0.29, 0.717) is 5.92 Å². The summed E-state index contributed by atoms with van der Waals surface area (Å²) in [5.41, 5.74) is 2.92. The maximum absolute atomic E-state index is 12.1. The van der Waals surface area contributed by atoms with E-state index in [0.717, 1.165) is 56.0 Å². The average Bonchev–Trinajstić information content (AvgIpc) is 2.94. The lowest BCUT2D eigenvalue weighted by molar-refractivity contribution is 0.0950. The number of nitrogens with one attached hydrogen (secondary N) is 2. The van der Waals surface area contributed by atoms with E-state index < -0.39 is 0 Å². The van der Waals surface area contributed by atoms with E-state index in [1.807, 2.05) is 25.1 Å². The minimum atomic E-state index is 0.00932. The summed E-state index contributed by atoms with van der Waals surface area (Å²) in [4.78, 5) is 12.1. The first-order chi connectivity index (χ1) is 9.70. The van der Waals surface area contributed by atoms with Gasteiger partial charge in [0.2, 0.25) is 0 Å². The molecule has 4 nitrogen and oxygen atoms in total. The summed E-state index contributed by atoms with van der Waals surface area (Å²) in [6.45, 7) is 7.39. The molecular weight excluding hydrogens is 252 g/mol.